The van der Waals surface area contributed by atoms with Crippen molar-refractivity contribution >= 4 is 32.4 Å². The van der Waals surface area contributed by atoms with E-state index in [2.05, 4.69) is 36.3 Å². The summed E-state index contributed by atoms with van der Waals surface area (Å²) in [7, 11) is -3.57. The van der Waals surface area contributed by atoms with E-state index in [-0.39, 0.29) is 10.8 Å². The van der Waals surface area contributed by atoms with Gasteiger partial charge in [0.2, 0.25) is 10.0 Å². The number of thiazole rings is 1. The Bertz CT molecular complexity index is 1290. The van der Waals surface area contributed by atoms with Crippen molar-refractivity contribution in [3.63, 3.8) is 0 Å². The second-order valence-electron chi connectivity index (χ2n) is 9.19. The van der Waals surface area contributed by atoms with Crippen LogP contribution in [0.15, 0.2) is 53.4 Å². The Morgan fingerprint density at radius 1 is 1.03 bits per heavy atom. The highest BCUT2D eigenvalue weighted by Gasteiger charge is 2.31. The summed E-state index contributed by atoms with van der Waals surface area (Å²) in [6.45, 7) is 5.24. The standard InChI is InChI=1S/C25H27N3O3S2/c1-16-13-17(2)15-28(14-16)33(30,31)20-10-7-19(8-11-20)24(29)27-25-26-23-21-6-4-3-5-18(21)9-12-22(23)32-25/h3-8,10-11,16-17H,9,12-15H2,1-2H3,(H,26,27,29)/t16-,17-/m1/s1. The minimum atomic E-state index is -3.57. The van der Waals surface area contributed by atoms with Crippen LogP contribution in [0.3, 0.4) is 0 Å². The highest BCUT2D eigenvalue weighted by Crippen LogP contribution is 2.38. The van der Waals surface area contributed by atoms with Crippen molar-refractivity contribution in [3.05, 3.63) is 64.5 Å². The van der Waals surface area contributed by atoms with Crippen LogP contribution >= 0.6 is 11.3 Å². The normalized spacial score (nSPS) is 20.7. The number of hydrogen-bond acceptors (Lipinski definition) is 5. The fourth-order valence-electron chi connectivity index (χ4n) is 4.90. The number of sulfonamides is 1. The molecule has 3 aromatic rings. The molecule has 172 valence electrons. The molecule has 0 saturated carbocycles. The van der Waals surface area contributed by atoms with Gasteiger partial charge in [-0.15, -0.1) is 11.3 Å². The molecule has 8 heteroatoms. The van der Waals surface area contributed by atoms with Gasteiger partial charge in [-0.2, -0.15) is 4.31 Å². The number of rotatable bonds is 4. The van der Waals surface area contributed by atoms with E-state index < -0.39 is 10.0 Å². The molecule has 0 radical (unpaired) electrons. The van der Waals surface area contributed by atoms with Crippen molar-refractivity contribution in [2.45, 2.75) is 38.0 Å². The van der Waals surface area contributed by atoms with Gasteiger partial charge in [-0.1, -0.05) is 38.1 Å². The second-order valence-corrected chi connectivity index (χ2v) is 12.2. The summed E-state index contributed by atoms with van der Waals surface area (Å²) >= 11 is 1.50. The van der Waals surface area contributed by atoms with E-state index in [4.69, 9.17) is 0 Å². The minimum absolute atomic E-state index is 0.224. The van der Waals surface area contributed by atoms with Gasteiger partial charge in [-0.05, 0) is 60.9 Å². The number of carbonyl (C=O) groups is 1. The van der Waals surface area contributed by atoms with E-state index in [1.807, 2.05) is 12.1 Å². The molecule has 0 unspecified atom stereocenters. The molecule has 0 spiro atoms. The predicted molar refractivity (Wildman–Crippen MR) is 131 cm³/mol. The highest BCUT2D eigenvalue weighted by atomic mass is 32.2. The molecule has 5 rings (SSSR count). The first-order valence-corrected chi connectivity index (χ1v) is 13.6. The lowest BCUT2D eigenvalue weighted by Crippen LogP contribution is -2.42. The van der Waals surface area contributed by atoms with Crippen molar-refractivity contribution in [1.29, 1.82) is 0 Å². The quantitative estimate of drug-likeness (QED) is 0.579. The van der Waals surface area contributed by atoms with Gasteiger partial charge in [-0.3, -0.25) is 10.1 Å². The number of nitrogens with one attached hydrogen (secondary N) is 1. The fourth-order valence-corrected chi connectivity index (χ4v) is 7.55. The molecule has 1 N–H and O–H groups in total. The molecule has 2 atom stereocenters. The average Bonchev–Trinajstić information content (AvgIpc) is 3.21. The molecule has 33 heavy (non-hydrogen) atoms. The number of nitrogens with zero attached hydrogens (tertiary/aromatic N) is 2. The lowest BCUT2D eigenvalue weighted by Gasteiger charge is -2.34. The van der Waals surface area contributed by atoms with Gasteiger partial charge in [0.05, 0.1) is 10.6 Å². The molecule has 6 nitrogen and oxygen atoms in total. The largest absolute Gasteiger partial charge is 0.298 e. The maximum atomic E-state index is 13.1. The molecule has 2 heterocycles. The fraction of sp³-hybridized carbons (Fsp3) is 0.360. The topological polar surface area (TPSA) is 79.4 Å². The number of aryl methyl sites for hydroxylation is 2. The zero-order valence-corrected chi connectivity index (χ0v) is 20.4. The molecule has 1 amide bonds. The smallest absolute Gasteiger partial charge is 0.257 e. The SMILES string of the molecule is C[C@@H]1C[C@@H](C)CN(S(=O)(=O)c2ccc(C(=O)Nc3nc4c(s3)CCc3ccccc3-4)cc2)C1. The summed E-state index contributed by atoms with van der Waals surface area (Å²) in [6, 6.07) is 14.4. The van der Waals surface area contributed by atoms with E-state index in [0.29, 0.717) is 35.6 Å². The average molecular weight is 482 g/mol. The highest BCUT2D eigenvalue weighted by molar-refractivity contribution is 7.89. The van der Waals surface area contributed by atoms with Crippen molar-refractivity contribution in [2.75, 3.05) is 18.4 Å². The zero-order valence-electron chi connectivity index (χ0n) is 18.7. The van der Waals surface area contributed by atoms with E-state index >= 15 is 0 Å². The molecule has 1 aromatic heterocycles. The monoisotopic (exact) mass is 481 g/mol. The number of aromatic nitrogens is 1. The molecule has 1 fully saturated rings. The number of hydrogen-bond donors (Lipinski definition) is 1. The third kappa shape index (κ3) is 4.35. The van der Waals surface area contributed by atoms with Crippen molar-refractivity contribution in [3.8, 4) is 11.3 Å². The summed E-state index contributed by atoms with van der Waals surface area (Å²) in [5.74, 6) is 0.382. The van der Waals surface area contributed by atoms with Gasteiger partial charge in [0.25, 0.3) is 5.91 Å². The molecule has 1 aliphatic heterocycles. The number of carbonyl (C=O) groups excluding carboxylic acids is 1. The Kier molecular flexibility index (Phi) is 5.84. The Labute approximate surface area is 198 Å². The molecular formula is C25H27N3O3S2. The van der Waals surface area contributed by atoms with Crippen LogP contribution in [0.1, 0.15) is 41.1 Å². The first-order valence-electron chi connectivity index (χ1n) is 11.3. The van der Waals surface area contributed by atoms with Gasteiger partial charge < -0.3 is 0 Å². The third-order valence-electron chi connectivity index (χ3n) is 6.40. The Morgan fingerprint density at radius 3 is 2.45 bits per heavy atom. The Hall–Kier alpha value is -2.55. The molecule has 1 aliphatic carbocycles. The van der Waals surface area contributed by atoms with Crippen LogP contribution in [0.2, 0.25) is 0 Å². The van der Waals surface area contributed by atoms with Crippen LogP contribution in [-0.2, 0) is 22.9 Å². The number of benzene rings is 2. The number of fused-ring (bicyclic) bond motifs is 3. The second kappa shape index (κ2) is 8.66. The van der Waals surface area contributed by atoms with Crippen molar-refractivity contribution in [2.24, 2.45) is 11.8 Å². The van der Waals surface area contributed by atoms with Crippen LogP contribution in [0.4, 0.5) is 5.13 Å². The predicted octanol–water partition coefficient (Wildman–Crippen LogP) is 4.83. The lowest BCUT2D eigenvalue weighted by atomic mass is 9.94. The summed E-state index contributed by atoms with van der Waals surface area (Å²) < 4.78 is 27.7. The van der Waals surface area contributed by atoms with Gasteiger partial charge >= 0.3 is 0 Å². The van der Waals surface area contributed by atoms with Crippen LogP contribution in [0.5, 0.6) is 0 Å². The van der Waals surface area contributed by atoms with Crippen molar-refractivity contribution < 1.29 is 13.2 Å². The first kappa shape index (κ1) is 22.3. The van der Waals surface area contributed by atoms with Gasteiger partial charge in [-0.25, -0.2) is 13.4 Å². The zero-order chi connectivity index (χ0) is 23.2. The number of piperidine rings is 1. The molecule has 1 saturated heterocycles. The lowest BCUT2D eigenvalue weighted by molar-refractivity contribution is 0.102. The minimum Gasteiger partial charge on any atom is -0.298 e. The maximum absolute atomic E-state index is 13.1. The van der Waals surface area contributed by atoms with Gasteiger partial charge in [0, 0.05) is 29.1 Å². The summed E-state index contributed by atoms with van der Waals surface area (Å²) in [4.78, 5) is 18.9. The third-order valence-corrected chi connectivity index (χ3v) is 9.28. The van der Waals surface area contributed by atoms with Gasteiger partial charge in [0.15, 0.2) is 5.13 Å². The molecular weight excluding hydrogens is 454 g/mol. The van der Waals surface area contributed by atoms with Gasteiger partial charge in [0.1, 0.15) is 0 Å². The first-order chi connectivity index (χ1) is 15.8. The summed E-state index contributed by atoms with van der Waals surface area (Å²) in [6.07, 6.45) is 2.93. The van der Waals surface area contributed by atoms with Crippen LogP contribution < -0.4 is 5.32 Å². The molecule has 2 aliphatic rings. The van der Waals surface area contributed by atoms with E-state index in [9.17, 15) is 13.2 Å². The van der Waals surface area contributed by atoms with E-state index in [1.165, 1.54) is 33.9 Å². The number of amides is 1. The number of anilines is 1. The summed E-state index contributed by atoms with van der Waals surface area (Å²) in [5, 5.41) is 3.45. The molecule has 2 aromatic carbocycles. The maximum Gasteiger partial charge on any atom is 0.257 e. The van der Waals surface area contributed by atoms with E-state index in [1.54, 1.807) is 16.4 Å². The van der Waals surface area contributed by atoms with Crippen molar-refractivity contribution in [1.82, 2.24) is 9.29 Å². The summed E-state index contributed by atoms with van der Waals surface area (Å²) in [5.41, 5.74) is 3.76. The van der Waals surface area contributed by atoms with E-state index in [0.717, 1.165) is 30.5 Å². The van der Waals surface area contributed by atoms with Crippen LogP contribution in [0, 0.1) is 11.8 Å². The molecule has 0 bridgehead atoms. The van der Waals surface area contributed by atoms with Crippen LogP contribution in [0.25, 0.3) is 11.3 Å². The van der Waals surface area contributed by atoms with Crippen LogP contribution in [-0.4, -0.2) is 36.7 Å². The Balaban J connectivity index is 1.32. The Morgan fingerprint density at radius 2 is 1.73 bits per heavy atom.